The number of nitrogens with one attached hydrogen (secondary N) is 2. The Bertz CT molecular complexity index is 664. The molecule has 7 heteroatoms. The summed E-state index contributed by atoms with van der Waals surface area (Å²) in [5.41, 5.74) is 0.739. The van der Waals surface area contributed by atoms with Crippen LogP contribution in [0.15, 0.2) is 39.4 Å². The van der Waals surface area contributed by atoms with Gasteiger partial charge in [0.2, 0.25) is 0 Å². The van der Waals surface area contributed by atoms with Gasteiger partial charge in [0.05, 0.1) is 10.0 Å². The lowest BCUT2D eigenvalue weighted by Crippen LogP contribution is -2.15. The molecule has 0 atom stereocenters. The van der Waals surface area contributed by atoms with Crippen molar-refractivity contribution in [1.82, 2.24) is 4.98 Å². The van der Waals surface area contributed by atoms with E-state index in [4.69, 9.17) is 0 Å². The number of benzene rings is 1. The van der Waals surface area contributed by atoms with E-state index < -0.39 is 5.82 Å². The number of carbonyl (C=O) groups excluding carboxylic acids is 1. The first-order valence-corrected chi connectivity index (χ1v) is 7.19. The number of pyridine rings is 1. The average Bonchev–Trinajstić information content (AvgIpc) is 2.43. The highest BCUT2D eigenvalue weighted by Crippen LogP contribution is 2.22. The predicted molar refractivity (Wildman–Crippen MR) is 83.5 cm³/mol. The smallest absolute Gasteiger partial charge is 0.259 e. The molecule has 1 aromatic carbocycles. The molecule has 2 aromatic rings. The molecule has 0 fully saturated rings. The van der Waals surface area contributed by atoms with Crippen LogP contribution in [-0.4, -0.2) is 17.9 Å². The number of rotatable bonds is 3. The van der Waals surface area contributed by atoms with E-state index >= 15 is 0 Å². The molecule has 0 aliphatic heterocycles. The van der Waals surface area contributed by atoms with E-state index in [1.165, 1.54) is 12.1 Å². The summed E-state index contributed by atoms with van der Waals surface area (Å²) in [5, 5.41) is 5.46. The molecule has 2 N–H and O–H groups in total. The number of nitrogens with zero attached hydrogens (tertiary/aromatic N) is 1. The number of hydrogen-bond acceptors (Lipinski definition) is 3. The summed E-state index contributed by atoms with van der Waals surface area (Å²) in [5.74, 6) is -0.364. The zero-order valence-corrected chi connectivity index (χ0v) is 13.5. The van der Waals surface area contributed by atoms with Crippen molar-refractivity contribution in [1.29, 1.82) is 0 Å². The number of carbonyl (C=O) groups is 1. The van der Waals surface area contributed by atoms with Gasteiger partial charge in [0, 0.05) is 23.4 Å². The van der Waals surface area contributed by atoms with Crippen molar-refractivity contribution in [3.05, 3.63) is 50.8 Å². The van der Waals surface area contributed by atoms with Gasteiger partial charge in [-0.15, -0.1) is 0 Å². The number of hydrogen-bond donors (Lipinski definition) is 2. The van der Waals surface area contributed by atoms with Gasteiger partial charge in [0.15, 0.2) is 0 Å². The molecule has 1 heterocycles. The summed E-state index contributed by atoms with van der Waals surface area (Å²) in [6.07, 6.45) is 1.59. The first-order chi connectivity index (χ1) is 9.51. The van der Waals surface area contributed by atoms with Gasteiger partial charge in [0.1, 0.15) is 11.6 Å². The molecule has 0 saturated carbocycles. The van der Waals surface area contributed by atoms with Crippen LogP contribution < -0.4 is 10.6 Å². The van der Waals surface area contributed by atoms with Gasteiger partial charge in [-0.05, 0) is 56.1 Å². The Balaban J connectivity index is 2.27. The van der Waals surface area contributed by atoms with E-state index in [1.807, 2.05) is 0 Å². The second-order valence-corrected chi connectivity index (χ2v) is 5.65. The fourth-order valence-electron chi connectivity index (χ4n) is 1.58. The minimum absolute atomic E-state index is 0.343. The molecular formula is C13H10Br2FN3O. The van der Waals surface area contributed by atoms with Gasteiger partial charge in [-0.25, -0.2) is 9.37 Å². The van der Waals surface area contributed by atoms with E-state index in [0.29, 0.717) is 26.0 Å². The van der Waals surface area contributed by atoms with Gasteiger partial charge in [-0.1, -0.05) is 0 Å². The van der Waals surface area contributed by atoms with Gasteiger partial charge < -0.3 is 10.6 Å². The zero-order chi connectivity index (χ0) is 14.7. The standard InChI is InChI=1S/C13H10Br2FN3O/c1-17-12-9(4-7(14)6-18-12)13(20)19-8-2-3-10(15)11(16)5-8/h2-6H,1H3,(H,17,18)(H,19,20). The number of amides is 1. The molecule has 0 aliphatic rings. The van der Waals surface area contributed by atoms with Gasteiger partial charge >= 0.3 is 0 Å². The van der Waals surface area contributed by atoms with Crippen LogP contribution in [0, 0.1) is 5.82 Å². The molecule has 20 heavy (non-hydrogen) atoms. The van der Waals surface area contributed by atoms with Crippen LogP contribution >= 0.6 is 31.9 Å². The van der Waals surface area contributed by atoms with Crippen molar-refractivity contribution < 1.29 is 9.18 Å². The van der Waals surface area contributed by atoms with Crippen LogP contribution in [0.25, 0.3) is 0 Å². The summed E-state index contributed by atoms with van der Waals surface area (Å²) in [6, 6.07) is 6.02. The normalized spacial score (nSPS) is 10.2. The zero-order valence-electron chi connectivity index (χ0n) is 10.4. The maximum absolute atomic E-state index is 13.4. The summed E-state index contributed by atoms with van der Waals surface area (Å²) in [4.78, 5) is 16.3. The van der Waals surface area contributed by atoms with Crippen molar-refractivity contribution >= 4 is 49.3 Å². The summed E-state index contributed by atoms with van der Waals surface area (Å²) in [7, 11) is 1.67. The highest BCUT2D eigenvalue weighted by molar-refractivity contribution is 9.10. The molecular weight excluding hydrogens is 393 g/mol. The lowest BCUT2D eigenvalue weighted by atomic mass is 10.2. The van der Waals surface area contributed by atoms with Crippen LogP contribution in [0.3, 0.4) is 0 Å². The van der Waals surface area contributed by atoms with Crippen LogP contribution in [0.5, 0.6) is 0 Å². The Morgan fingerprint density at radius 1 is 1.30 bits per heavy atom. The van der Waals surface area contributed by atoms with Crippen molar-refractivity contribution in [2.45, 2.75) is 0 Å². The fraction of sp³-hybridized carbons (Fsp3) is 0.0769. The Morgan fingerprint density at radius 3 is 2.70 bits per heavy atom. The molecule has 4 nitrogen and oxygen atoms in total. The van der Waals surface area contributed by atoms with E-state index in [-0.39, 0.29) is 5.91 Å². The summed E-state index contributed by atoms with van der Waals surface area (Å²) in [6.45, 7) is 0. The Labute approximate surface area is 132 Å². The maximum atomic E-state index is 13.4. The van der Waals surface area contributed by atoms with E-state index in [2.05, 4.69) is 47.5 Å². The minimum Gasteiger partial charge on any atom is -0.372 e. The van der Waals surface area contributed by atoms with Gasteiger partial charge in [0.25, 0.3) is 5.91 Å². The molecule has 2 rings (SSSR count). The van der Waals surface area contributed by atoms with Gasteiger partial charge in [-0.3, -0.25) is 4.79 Å². The minimum atomic E-state index is -0.441. The topological polar surface area (TPSA) is 54.0 Å². The molecule has 1 aromatic heterocycles. The molecule has 104 valence electrons. The molecule has 0 radical (unpaired) electrons. The summed E-state index contributed by atoms with van der Waals surface area (Å²) >= 11 is 6.32. The third-order valence-electron chi connectivity index (χ3n) is 2.51. The van der Waals surface area contributed by atoms with Crippen molar-refractivity contribution in [3.63, 3.8) is 0 Å². The van der Waals surface area contributed by atoms with Crippen molar-refractivity contribution in [3.8, 4) is 0 Å². The second kappa shape index (κ2) is 6.32. The maximum Gasteiger partial charge on any atom is 0.259 e. The Kier molecular flexibility index (Phi) is 4.72. The quantitative estimate of drug-likeness (QED) is 0.814. The molecule has 0 unspecified atom stereocenters. The average molecular weight is 403 g/mol. The van der Waals surface area contributed by atoms with E-state index in [9.17, 15) is 9.18 Å². The molecule has 0 spiro atoms. The fourth-order valence-corrected chi connectivity index (χ4v) is 2.16. The lowest BCUT2D eigenvalue weighted by molar-refractivity contribution is 0.102. The monoisotopic (exact) mass is 401 g/mol. The molecule has 0 aliphatic carbocycles. The largest absolute Gasteiger partial charge is 0.372 e. The number of anilines is 2. The number of aromatic nitrogens is 1. The molecule has 0 saturated heterocycles. The lowest BCUT2D eigenvalue weighted by Gasteiger charge is -2.10. The predicted octanol–water partition coefficient (Wildman–Crippen LogP) is 4.04. The van der Waals surface area contributed by atoms with Crippen LogP contribution in [0.2, 0.25) is 0 Å². The van der Waals surface area contributed by atoms with E-state index in [1.54, 1.807) is 25.4 Å². The van der Waals surface area contributed by atoms with Gasteiger partial charge in [-0.2, -0.15) is 0 Å². The molecule has 1 amide bonds. The SMILES string of the molecule is CNc1ncc(Br)cc1C(=O)Nc1ccc(Br)c(F)c1. The van der Waals surface area contributed by atoms with Crippen LogP contribution in [0.1, 0.15) is 10.4 Å². The van der Waals surface area contributed by atoms with Crippen molar-refractivity contribution in [2.75, 3.05) is 17.7 Å². The second-order valence-electron chi connectivity index (χ2n) is 3.88. The first-order valence-electron chi connectivity index (χ1n) is 5.61. The van der Waals surface area contributed by atoms with Crippen LogP contribution in [0.4, 0.5) is 15.9 Å². The third kappa shape index (κ3) is 3.34. The highest BCUT2D eigenvalue weighted by atomic mass is 79.9. The Hall–Kier alpha value is -1.47. The summed E-state index contributed by atoms with van der Waals surface area (Å²) < 4.78 is 14.4. The molecule has 0 bridgehead atoms. The number of halogens is 3. The Morgan fingerprint density at radius 2 is 2.05 bits per heavy atom. The van der Waals surface area contributed by atoms with Crippen LogP contribution in [-0.2, 0) is 0 Å². The van der Waals surface area contributed by atoms with Crippen molar-refractivity contribution in [2.24, 2.45) is 0 Å². The first kappa shape index (κ1) is 14.9. The van der Waals surface area contributed by atoms with E-state index in [0.717, 1.165) is 0 Å². The third-order valence-corrected chi connectivity index (χ3v) is 3.59. The highest BCUT2D eigenvalue weighted by Gasteiger charge is 2.13.